The highest BCUT2D eigenvalue weighted by molar-refractivity contribution is 7.15. The number of aryl methyl sites for hydroxylation is 1. The second-order valence-corrected chi connectivity index (χ2v) is 8.67. The minimum absolute atomic E-state index is 0.150. The number of likely N-dealkylation sites (N-methyl/N-ethyl adjacent to an activating group) is 1. The monoisotopic (exact) mass is 425 g/mol. The molecule has 1 aliphatic rings. The van der Waals surface area contributed by atoms with Gasteiger partial charge in [0, 0.05) is 36.3 Å². The van der Waals surface area contributed by atoms with Crippen LogP contribution < -0.4 is 10.9 Å². The maximum absolute atomic E-state index is 13.1. The number of thiazole rings is 1. The van der Waals surface area contributed by atoms with E-state index in [2.05, 4.69) is 34.1 Å². The van der Waals surface area contributed by atoms with Crippen LogP contribution in [0.3, 0.4) is 0 Å². The maximum atomic E-state index is 13.1. The third-order valence-electron chi connectivity index (χ3n) is 5.53. The average molecular weight is 426 g/mol. The van der Waals surface area contributed by atoms with Crippen LogP contribution in [-0.4, -0.2) is 38.7 Å². The van der Waals surface area contributed by atoms with Crippen molar-refractivity contribution in [2.75, 3.05) is 18.4 Å². The second kappa shape index (κ2) is 9.06. The molecule has 1 aliphatic heterocycles. The molecule has 0 spiro atoms. The SMILES string of the molecule is CCCCCn1nc(C(=O)Nc2nc3c(s2)CN(CC)CC3)c2ccccc2c1=O. The molecule has 8 heteroatoms. The van der Waals surface area contributed by atoms with Crippen LogP contribution in [0.5, 0.6) is 0 Å². The highest BCUT2D eigenvalue weighted by Crippen LogP contribution is 2.28. The Hall–Kier alpha value is -2.58. The van der Waals surface area contributed by atoms with Crippen LogP contribution in [0, 0.1) is 0 Å². The predicted octanol–water partition coefficient (Wildman–Crippen LogP) is 3.67. The Morgan fingerprint density at radius 2 is 2.00 bits per heavy atom. The van der Waals surface area contributed by atoms with E-state index < -0.39 is 0 Å². The number of carbonyl (C=O) groups is 1. The quantitative estimate of drug-likeness (QED) is 0.584. The van der Waals surface area contributed by atoms with E-state index in [1.807, 2.05) is 12.1 Å². The summed E-state index contributed by atoms with van der Waals surface area (Å²) in [6, 6.07) is 7.17. The van der Waals surface area contributed by atoms with E-state index in [0.29, 0.717) is 22.4 Å². The number of nitrogens with zero attached hydrogens (tertiary/aromatic N) is 4. The van der Waals surface area contributed by atoms with Gasteiger partial charge in [0.05, 0.1) is 11.1 Å². The van der Waals surface area contributed by atoms with Gasteiger partial charge in [-0.05, 0) is 19.0 Å². The number of hydrogen-bond donors (Lipinski definition) is 1. The molecule has 0 aliphatic carbocycles. The molecule has 0 unspecified atom stereocenters. The van der Waals surface area contributed by atoms with E-state index >= 15 is 0 Å². The number of fused-ring (bicyclic) bond motifs is 2. The second-order valence-electron chi connectivity index (χ2n) is 7.59. The Morgan fingerprint density at radius 1 is 1.20 bits per heavy atom. The number of hydrogen-bond acceptors (Lipinski definition) is 6. The number of nitrogens with one attached hydrogen (secondary N) is 1. The lowest BCUT2D eigenvalue weighted by molar-refractivity contribution is 0.102. The molecule has 0 saturated carbocycles. The summed E-state index contributed by atoms with van der Waals surface area (Å²) < 4.78 is 1.43. The lowest BCUT2D eigenvalue weighted by Crippen LogP contribution is -2.29. The van der Waals surface area contributed by atoms with Crippen molar-refractivity contribution in [3.8, 4) is 0 Å². The number of anilines is 1. The lowest BCUT2D eigenvalue weighted by Gasteiger charge is -2.23. The number of amides is 1. The fraction of sp³-hybridized carbons (Fsp3) is 0.455. The Balaban J connectivity index is 1.64. The molecule has 3 heterocycles. The fourth-order valence-corrected chi connectivity index (χ4v) is 4.84. The molecule has 0 bridgehead atoms. The molecule has 0 radical (unpaired) electrons. The van der Waals surface area contributed by atoms with Gasteiger partial charge in [-0.15, -0.1) is 11.3 Å². The first-order valence-corrected chi connectivity index (χ1v) is 11.4. The summed E-state index contributed by atoms with van der Waals surface area (Å²) in [5.41, 5.74) is 1.19. The average Bonchev–Trinajstić information content (AvgIpc) is 3.16. The predicted molar refractivity (Wildman–Crippen MR) is 120 cm³/mol. The van der Waals surface area contributed by atoms with Gasteiger partial charge in [-0.2, -0.15) is 5.10 Å². The van der Waals surface area contributed by atoms with E-state index in [4.69, 9.17) is 0 Å². The van der Waals surface area contributed by atoms with Crippen LogP contribution in [0.25, 0.3) is 10.8 Å². The van der Waals surface area contributed by atoms with Crippen LogP contribution in [0.1, 0.15) is 54.2 Å². The van der Waals surface area contributed by atoms with Crippen molar-refractivity contribution in [1.82, 2.24) is 19.7 Å². The first-order chi connectivity index (χ1) is 14.6. The van der Waals surface area contributed by atoms with Gasteiger partial charge in [0.2, 0.25) is 0 Å². The highest BCUT2D eigenvalue weighted by Gasteiger charge is 2.22. The molecule has 1 amide bonds. The smallest absolute Gasteiger partial charge is 0.278 e. The Bertz CT molecular complexity index is 1120. The molecular formula is C22H27N5O2S. The van der Waals surface area contributed by atoms with Crippen molar-refractivity contribution in [2.24, 2.45) is 0 Å². The van der Waals surface area contributed by atoms with E-state index in [9.17, 15) is 9.59 Å². The number of benzene rings is 1. The molecular weight excluding hydrogens is 398 g/mol. The normalized spacial score (nSPS) is 14.1. The van der Waals surface area contributed by atoms with Gasteiger partial charge in [-0.25, -0.2) is 9.67 Å². The number of unbranched alkanes of at least 4 members (excludes halogenated alkanes) is 2. The van der Waals surface area contributed by atoms with E-state index in [1.54, 1.807) is 12.1 Å². The summed E-state index contributed by atoms with van der Waals surface area (Å²) in [5, 5.41) is 9.05. The minimum Gasteiger partial charge on any atom is -0.298 e. The first kappa shape index (κ1) is 20.7. The molecule has 0 fully saturated rings. The summed E-state index contributed by atoms with van der Waals surface area (Å²) in [5.74, 6) is -0.325. The highest BCUT2D eigenvalue weighted by atomic mass is 32.1. The summed E-state index contributed by atoms with van der Waals surface area (Å²) in [4.78, 5) is 34.1. The van der Waals surface area contributed by atoms with Gasteiger partial charge in [0.25, 0.3) is 11.5 Å². The lowest BCUT2D eigenvalue weighted by atomic mass is 10.1. The van der Waals surface area contributed by atoms with Crippen LogP contribution in [-0.2, 0) is 19.5 Å². The Morgan fingerprint density at radius 3 is 2.77 bits per heavy atom. The van der Waals surface area contributed by atoms with Crippen molar-refractivity contribution >= 4 is 33.1 Å². The summed E-state index contributed by atoms with van der Waals surface area (Å²) >= 11 is 1.53. The van der Waals surface area contributed by atoms with Gasteiger partial charge in [-0.1, -0.05) is 44.9 Å². The standard InChI is InChI=1S/C22H27N5O2S/c1-3-5-8-12-27-21(29)16-10-7-6-9-15(16)19(25-27)20(28)24-22-23-17-11-13-26(4-2)14-18(17)30-22/h6-7,9-10H,3-5,8,11-14H2,1-2H3,(H,23,24,28). The molecule has 3 aromatic rings. The summed E-state index contributed by atoms with van der Waals surface area (Å²) in [7, 11) is 0. The van der Waals surface area contributed by atoms with Gasteiger partial charge < -0.3 is 0 Å². The molecule has 0 saturated heterocycles. The topological polar surface area (TPSA) is 80.1 Å². The van der Waals surface area contributed by atoms with Crippen LogP contribution in [0.15, 0.2) is 29.1 Å². The number of carbonyl (C=O) groups excluding carboxylic acids is 1. The van der Waals surface area contributed by atoms with E-state index in [1.165, 1.54) is 20.9 Å². The number of aromatic nitrogens is 3. The molecule has 158 valence electrons. The van der Waals surface area contributed by atoms with Crippen molar-refractivity contribution in [3.05, 3.63) is 50.9 Å². The zero-order valence-electron chi connectivity index (χ0n) is 17.5. The van der Waals surface area contributed by atoms with Gasteiger partial charge >= 0.3 is 0 Å². The fourth-order valence-electron chi connectivity index (χ4n) is 3.79. The molecule has 4 rings (SSSR count). The molecule has 0 atom stereocenters. The van der Waals surface area contributed by atoms with Crippen molar-refractivity contribution < 1.29 is 4.79 Å². The number of rotatable bonds is 7. The van der Waals surface area contributed by atoms with Gasteiger partial charge in [0.15, 0.2) is 10.8 Å². The maximum Gasteiger partial charge on any atom is 0.278 e. The van der Waals surface area contributed by atoms with Crippen LogP contribution in [0.4, 0.5) is 5.13 Å². The van der Waals surface area contributed by atoms with Crippen molar-refractivity contribution in [2.45, 2.75) is 52.6 Å². The Labute approximate surface area is 179 Å². The van der Waals surface area contributed by atoms with Gasteiger partial charge in [0.1, 0.15) is 0 Å². The molecule has 30 heavy (non-hydrogen) atoms. The molecule has 1 aromatic carbocycles. The Kier molecular flexibility index (Phi) is 6.24. The van der Waals surface area contributed by atoms with Crippen LogP contribution in [0.2, 0.25) is 0 Å². The minimum atomic E-state index is -0.325. The van der Waals surface area contributed by atoms with Crippen molar-refractivity contribution in [3.63, 3.8) is 0 Å². The van der Waals surface area contributed by atoms with Crippen LogP contribution >= 0.6 is 11.3 Å². The third-order valence-corrected chi connectivity index (χ3v) is 6.53. The van der Waals surface area contributed by atoms with E-state index in [-0.39, 0.29) is 17.2 Å². The van der Waals surface area contributed by atoms with E-state index in [0.717, 1.165) is 51.0 Å². The zero-order valence-corrected chi connectivity index (χ0v) is 18.3. The largest absolute Gasteiger partial charge is 0.298 e. The molecule has 1 N–H and O–H groups in total. The molecule has 7 nitrogen and oxygen atoms in total. The molecule has 2 aromatic heterocycles. The summed E-state index contributed by atoms with van der Waals surface area (Å²) in [6.45, 7) is 7.66. The first-order valence-electron chi connectivity index (χ1n) is 10.6. The van der Waals surface area contributed by atoms with Gasteiger partial charge in [-0.3, -0.25) is 19.8 Å². The summed E-state index contributed by atoms with van der Waals surface area (Å²) in [6.07, 6.45) is 3.83. The van der Waals surface area contributed by atoms with Crippen molar-refractivity contribution in [1.29, 1.82) is 0 Å². The zero-order chi connectivity index (χ0) is 21.1. The third kappa shape index (κ3) is 4.15.